The van der Waals surface area contributed by atoms with Crippen molar-refractivity contribution in [2.45, 2.75) is 13.0 Å². The number of rotatable bonds is 3. The van der Waals surface area contributed by atoms with Gasteiger partial charge < -0.3 is 9.30 Å². The molecule has 1 heterocycles. The molecule has 0 bridgehead atoms. The summed E-state index contributed by atoms with van der Waals surface area (Å²) < 4.78 is 6.97. The minimum Gasteiger partial charge on any atom is -0.497 e. The summed E-state index contributed by atoms with van der Waals surface area (Å²) in [4.78, 5) is 12.7. The predicted octanol–water partition coefficient (Wildman–Crippen LogP) is 4.27. The van der Waals surface area contributed by atoms with Crippen molar-refractivity contribution >= 4 is 22.4 Å². The van der Waals surface area contributed by atoms with E-state index in [4.69, 9.17) is 16.3 Å². The first-order chi connectivity index (χ1) is 10.6. The largest absolute Gasteiger partial charge is 0.497 e. The van der Waals surface area contributed by atoms with Gasteiger partial charge in [-0.2, -0.15) is 0 Å². The van der Waals surface area contributed by atoms with Crippen LogP contribution in [0.15, 0.2) is 59.5 Å². The predicted molar refractivity (Wildman–Crippen MR) is 90.0 cm³/mol. The van der Waals surface area contributed by atoms with Crippen LogP contribution in [0.4, 0.5) is 0 Å². The van der Waals surface area contributed by atoms with E-state index in [1.165, 1.54) is 0 Å². The van der Waals surface area contributed by atoms with Gasteiger partial charge in [0.1, 0.15) is 5.75 Å². The minimum absolute atomic E-state index is 0.0460. The Hall–Kier alpha value is -2.26. The molecule has 0 aliphatic carbocycles. The lowest BCUT2D eigenvalue weighted by atomic mass is 10.1. The summed E-state index contributed by atoms with van der Waals surface area (Å²) in [6.07, 6.45) is 1.82. The van der Waals surface area contributed by atoms with Gasteiger partial charge in [-0.3, -0.25) is 4.79 Å². The van der Waals surface area contributed by atoms with Crippen molar-refractivity contribution in [3.05, 3.63) is 75.7 Å². The average Bonchev–Trinajstić information content (AvgIpc) is 2.55. The number of methoxy groups -OCH3 is 1. The fourth-order valence-electron chi connectivity index (χ4n) is 2.59. The van der Waals surface area contributed by atoms with Crippen molar-refractivity contribution in [2.24, 2.45) is 0 Å². The fourth-order valence-corrected chi connectivity index (χ4v) is 2.77. The zero-order valence-electron chi connectivity index (χ0n) is 12.4. The number of ether oxygens (including phenoxy) is 1. The topological polar surface area (TPSA) is 31.2 Å². The molecule has 3 rings (SSSR count). The number of benzene rings is 2. The highest BCUT2D eigenvalue weighted by molar-refractivity contribution is 6.31. The molecule has 0 radical (unpaired) electrons. The lowest BCUT2D eigenvalue weighted by Crippen LogP contribution is -2.23. The third-order valence-electron chi connectivity index (χ3n) is 3.89. The summed E-state index contributed by atoms with van der Waals surface area (Å²) in [5, 5.41) is 2.09. The van der Waals surface area contributed by atoms with Crippen molar-refractivity contribution in [3.8, 4) is 5.75 Å². The molecule has 0 saturated carbocycles. The van der Waals surface area contributed by atoms with Crippen LogP contribution in [0.1, 0.15) is 18.5 Å². The summed E-state index contributed by atoms with van der Waals surface area (Å²) in [6, 6.07) is 15.0. The Morgan fingerprint density at radius 3 is 2.73 bits per heavy atom. The second kappa shape index (κ2) is 5.85. The van der Waals surface area contributed by atoms with Crippen LogP contribution >= 0.6 is 11.6 Å². The average molecular weight is 314 g/mol. The Morgan fingerprint density at radius 2 is 1.95 bits per heavy atom. The normalized spacial score (nSPS) is 12.3. The summed E-state index contributed by atoms with van der Waals surface area (Å²) >= 11 is 6.01. The molecule has 22 heavy (non-hydrogen) atoms. The molecule has 0 aliphatic heterocycles. The van der Waals surface area contributed by atoms with Crippen molar-refractivity contribution < 1.29 is 4.74 Å². The number of fused-ring (bicyclic) bond motifs is 1. The van der Waals surface area contributed by atoms with E-state index in [0.29, 0.717) is 10.4 Å². The number of halogens is 1. The van der Waals surface area contributed by atoms with Crippen molar-refractivity contribution in [1.29, 1.82) is 0 Å². The molecule has 112 valence electrons. The molecule has 0 N–H and O–H groups in total. The molecule has 3 nitrogen and oxygen atoms in total. The highest BCUT2D eigenvalue weighted by Crippen LogP contribution is 2.23. The third kappa shape index (κ3) is 2.60. The zero-order valence-corrected chi connectivity index (χ0v) is 13.2. The van der Waals surface area contributed by atoms with Crippen molar-refractivity contribution in [2.75, 3.05) is 7.11 Å². The summed E-state index contributed by atoms with van der Waals surface area (Å²) in [5.74, 6) is 0.779. The monoisotopic (exact) mass is 313 g/mol. The minimum atomic E-state index is -0.0917. The molecule has 1 aromatic heterocycles. The quantitative estimate of drug-likeness (QED) is 0.723. The van der Waals surface area contributed by atoms with Gasteiger partial charge in [0.05, 0.1) is 13.2 Å². The SMILES string of the molecule is COc1cccc(C(C)n2ccc3ccc(Cl)cc3c2=O)c1. The zero-order chi connectivity index (χ0) is 15.7. The van der Waals surface area contributed by atoms with E-state index < -0.39 is 0 Å². The van der Waals surface area contributed by atoms with Gasteiger partial charge in [0.2, 0.25) is 0 Å². The van der Waals surface area contributed by atoms with Crippen LogP contribution < -0.4 is 10.3 Å². The maximum Gasteiger partial charge on any atom is 0.259 e. The third-order valence-corrected chi connectivity index (χ3v) is 4.12. The molecule has 1 atom stereocenters. The van der Waals surface area contributed by atoms with Gasteiger partial charge in [-0.15, -0.1) is 0 Å². The van der Waals surface area contributed by atoms with Crippen LogP contribution in [0.2, 0.25) is 5.02 Å². The Kier molecular flexibility index (Phi) is 3.90. The second-order valence-electron chi connectivity index (χ2n) is 5.21. The van der Waals surface area contributed by atoms with Crippen LogP contribution in [0.5, 0.6) is 5.75 Å². The lowest BCUT2D eigenvalue weighted by molar-refractivity contribution is 0.413. The molecule has 1 unspecified atom stereocenters. The van der Waals surface area contributed by atoms with Crippen LogP contribution in [0, 0.1) is 0 Å². The summed E-state index contributed by atoms with van der Waals surface area (Å²) in [5.41, 5.74) is 0.971. The van der Waals surface area contributed by atoms with Gasteiger partial charge in [-0.1, -0.05) is 29.8 Å². The highest BCUT2D eigenvalue weighted by atomic mass is 35.5. The standard InChI is InChI=1S/C18H16ClNO2/c1-12(14-4-3-5-16(10-14)22-2)20-9-8-13-6-7-15(19)11-17(13)18(20)21/h3-12H,1-2H3. The molecule has 4 heteroatoms. The number of hydrogen-bond acceptors (Lipinski definition) is 2. The fraction of sp³-hybridized carbons (Fsp3) is 0.167. The Balaban J connectivity index is 2.12. The van der Waals surface area contributed by atoms with E-state index in [0.717, 1.165) is 16.7 Å². The molecule has 0 spiro atoms. The van der Waals surface area contributed by atoms with Crippen LogP contribution in [-0.4, -0.2) is 11.7 Å². The first kappa shape index (κ1) is 14.7. The maximum absolute atomic E-state index is 12.7. The second-order valence-corrected chi connectivity index (χ2v) is 5.65. The highest BCUT2D eigenvalue weighted by Gasteiger charge is 2.12. The van der Waals surface area contributed by atoms with E-state index in [9.17, 15) is 4.79 Å². The molecule has 0 saturated heterocycles. The number of aromatic nitrogens is 1. The van der Waals surface area contributed by atoms with Crippen molar-refractivity contribution in [1.82, 2.24) is 4.57 Å². The molecule has 0 fully saturated rings. The van der Waals surface area contributed by atoms with Crippen LogP contribution in [0.25, 0.3) is 10.8 Å². The summed E-state index contributed by atoms with van der Waals surface area (Å²) in [6.45, 7) is 1.99. The van der Waals surface area contributed by atoms with E-state index >= 15 is 0 Å². The molecule has 3 aromatic rings. The Labute approximate surface area is 133 Å². The smallest absolute Gasteiger partial charge is 0.259 e. The maximum atomic E-state index is 12.7. The van der Waals surface area contributed by atoms with Gasteiger partial charge in [0, 0.05) is 16.6 Å². The van der Waals surface area contributed by atoms with E-state index in [1.807, 2.05) is 49.5 Å². The Bertz CT molecular complexity index is 886. The van der Waals surface area contributed by atoms with Crippen molar-refractivity contribution in [3.63, 3.8) is 0 Å². The van der Waals surface area contributed by atoms with Crippen LogP contribution in [0.3, 0.4) is 0 Å². The Morgan fingerprint density at radius 1 is 1.14 bits per heavy atom. The number of pyridine rings is 1. The molecular weight excluding hydrogens is 298 g/mol. The number of hydrogen-bond donors (Lipinski definition) is 0. The van der Waals surface area contributed by atoms with E-state index in [1.54, 1.807) is 23.8 Å². The van der Waals surface area contributed by atoms with Gasteiger partial charge in [-0.25, -0.2) is 0 Å². The van der Waals surface area contributed by atoms with Gasteiger partial charge in [0.15, 0.2) is 0 Å². The van der Waals surface area contributed by atoms with Gasteiger partial charge in [0.25, 0.3) is 5.56 Å². The lowest BCUT2D eigenvalue weighted by Gasteiger charge is -2.17. The molecule has 0 amide bonds. The number of nitrogens with zero attached hydrogens (tertiary/aromatic N) is 1. The molecule has 0 aliphatic rings. The molecular formula is C18H16ClNO2. The van der Waals surface area contributed by atoms with Gasteiger partial charge >= 0.3 is 0 Å². The van der Waals surface area contributed by atoms with Gasteiger partial charge in [-0.05, 0) is 48.2 Å². The summed E-state index contributed by atoms with van der Waals surface area (Å²) in [7, 11) is 1.63. The van der Waals surface area contributed by atoms with E-state index in [-0.39, 0.29) is 11.6 Å². The first-order valence-electron chi connectivity index (χ1n) is 7.04. The van der Waals surface area contributed by atoms with Crippen LogP contribution in [-0.2, 0) is 0 Å². The first-order valence-corrected chi connectivity index (χ1v) is 7.42. The molecule has 2 aromatic carbocycles. The van der Waals surface area contributed by atoms with E-state index in [2.05, 4.69) is 0 Å².